The van der Waals surface area contributed by atoms with Crippen LogP contribution in [0.2, 0.25) is 5.28 Å². The van der Waals surface area contributed by atoms with Crippen molar-refractivity contribution in [2.45, 2.75) is 39.5 Å². The summed E-state index contributed by atoms with van der Waals surface area (Å²) in [7, 11) is 0. The molecule has 106 valence electrons. The van der Waals surface area contributed by atoms with Crippen molar-refractivity contribution in [2.24, 2.45) is 5.92 Å². The second kappa shape index (κ2) is 6.89. The lowest BCUT2D eigenvalue weighted by atomic mass is 10.1. The number of rotatable bonds is 6. The summed E-state index contributed by atoms with van der Waals surface area (Å²) in [6, 6.07) is 0. The highest BCUT2D eigenvalue weighted by molar-refractivity contribution is 6.28. The maximum atomic E-state index is 5.96. The number of aromatic nitrogens is 3. The minimum atomic E-state index is 0.267. The van der Waals surface area contributed by atoms with Crippen molar-refractivity contribution in [3.63, 3.8) is 0 Å². The van der Waals surface area contributed by atoms with E-state index in [1.165, 1.54) is 19.3 Å². The summed E-state index contributed by atoms with van der Waals surface area (Å²) in [5.41, 5.74) is 0. The van der Waals surface area contributed by atoms with Gasteiger partial charge in [0.1, 0.15) is 0 Å². The first-order valence-electron chi connectivity index (χ1n) is 7.05. The minimum absolute atomic E-state index is 0.267. The topological polar surface area (TPSA) is 53.9 Å². The highest BCUT2D eigenvalue weighted by atomic mass is 35.5. The molecule has 2 heterocycles. The van der Waals surface area contributed by atoms with Gasteiger partial charge in [-0.2, -0.15) is 15.0 Å². The smallest absolute Gasteiger partial charge is 0.231 e. The maximum absolute atomic E-state index is 5.96. The normalized spacial score (nSPS) is 15.3. The summed E-state index contributed by atoms with van der Waals surface area (Å²) in [6.07, 6.45) is 4.70. The minimum Gasteiger partial charge on any atom is -0.354 e. The van der Waals surface area contributed by atoms with E-state index in [1.807, 2.05) is 0 Å². The van der Waals surface area contributed by atoms with Crippen LogP contribution in [0.5, 0.6) is 0 Å². The lowest BCUT2D eigenvalue weighted by Gasteiger charge is -2.15. The molecule has 0 unspecified atom stereocenters. The number of hydrogen-bond donors (Lipinski definition) is 1. The molecule has 19 heavy (non-hydrogen) atoms. The van der Waals surface area contributed by atoms with Gasteiger partial charge in [0, 0.05) is 19.6 Å². The summed E-state index contributed by atoms with van der Waals surface area (Å²) >= 11 is 5.96. The molecule has 1 fully saturated rings. The first kappa shape index (κ1) is 14.3. The molecule has 1 aromatic heterocycles. The molecule has 0 aromatic carbocycles. The molecule has 6 heteroatoms. The van der Waals surface area contributed by atoms with Crippen LogP contribution in [0.3, 0.4) is 0 Å². The molecule has 0 amide bonds. The Labute approximate surface area is 119 Å². The summed E-state index contributed by atoms with van der Waals surface area (Å²) in [6.45, 7) is 7.34. The molecule has 1 aliphatic rings. The highest BCUT2D eigenvalue weighted by Crippen LogP contribution is 2.18. The van der Waals surface area contributed by atoms with Gasteiger partial charge >= 0.3 is 0 Å². The standard InChI is InChI=1S/C13H22ClN5/c1-10(2)6-5-7-15-12-16-11(14)17-13(18-12)19-8-3-4-9-19/h10H,3-9H2,1-2H3,(H,15,16,17,18). The number of nitrogens with zero attached hydrogens (tertiary/aromatic N) is 4. The fourth-order valence-electron chi connectivity index (χ4n) is 2.19. The Morgan fingerprint density at radius 3 is 2.63 bits per heavy atom. The van der Waals surface area contributed by atoms with Crippen LogP contribution in [0.4, 0.5) is 11.9 Å². The van der Waals surface area contributed by atoms with Gasteiger partial charge in [-0.1, -0.05) is 13.8 Å². The van der Waals surface area contributed by atoms with E-state index in [2.05, 4.69) is 39.0 Å². The predicted molar refractivity (Wildman–Crippen MR) is 78.8 cm³/mol. The summed E-state index contributed by atoms with van der Waals surface area (Å²) in [4.78, 5) is 14.9. The Balaban J connectivity index is 1.92. The quantitative estimate of drug-likeness (QED) is 0.814. The van der Waals surface area contributed by atoms with Crippen molar-refractivity contribution < 1.29 is 0 Å². The summed E-state index contributed by atoms with van der Waals surface area (Å²) < 4.78 is 0. The first-order valence-corrected chi connectivity index (χ1v) is 7.43. The first-order chi connectivity index (χ1) is 9.15. The molecule has 1 aliphatic heterocycles. The van der Waals surface area contributed by atoms with Crippen molar-refractivity contribution in [3.8, 4) is 0 Å². The van der Waals surface area contributed by atoms with Crippen molar-refractivity contribution in [1.82, 2.24) is 15.0 Å². The van der Waals surface area contributed by atoms with Crippen LogP contribution in [-0.4, -0.2) is 34.6 Å². The molecular formula is C13H22ClN5. The second-order valence-electron chi connectivity index (χ2n) is 5.39. The number of anilines is 2. The monoisotopic (exact) mass is 283 g/mol. The molecule has 1 saturated heterocycles. The fraction of sp³-hybridized carbons (Fsp3) is 0.769. The van der Waals surface area contributed by atoms with Crippen molar-refractivity contribution >= 4 is 23.5 Å². The molecule has 2 rings (SSSR count). The molecule has 0 atom stereocenters. The van der Waals surface area contributed by atoms with Crippen LogP contribution in [-0.2, 0) is 0 Å². The van der Waals surface area contributed by atoms with E-state index in [0.29, 0.717) is 11.9 Å². The third kappa shape index (κ3) is 4.49. The molecule has 0 radical (unpaired) electrons. The Morgan fingerprint density at radius 1 is 1.21 bits per heavy atom. The number of hydrogen-bond acceptors (Lipinski definition) is 5. The van der Waals surface area contributed by atoms with Gasteiger partial charge in [0.05, 0.1) is 0 Å². The molecule has 0 bridgehead atoms. The van der Waals surface area contributed by atoms with Gasteiger partial charge in [0.15, 0.2) is 0 Å². The number of nitrogens with one attached hydrogen (secondary N) is 1. The Hall–Kier alpha value is -1.10. The summed E-state index contributed by atoms with van der Waals surface area (Å²) in [5, 5.41) is 3.50. The lowest BCUT2D eigenvalue weighted by Crippen LogP contribution is -2.21. The van der Waals surface area contributed by atoms with Crippen molar-refractivity contribution in [2.75, 3.05) is 29.9 Å². The van der Waals surface area contributed by atoms with Crippen LogP contribution in [0, 0.1) is 5.92 Å². The molecule has 5 nitrogen and oxygen atoms in total. The average Bonchev–Trinajstić information content (AvgIpc) is 2.87. The van der Waals surface area contributed by atoms with E-state index in [9.17, 15) is 0 Å². The van der Waals surface area contributed by atoms with E-state index < -0.39 is 0 Å². The van der Waals surface area contributed by atoms with Crippen LogP contribution in [0.1, 0.15) is 39.5 Å². The van der Waals surface area contributed by atoms with Gasteiger partial charge in [-0.3, -0.25) is 0 Å². The van der Waals surface area contributed by atoms with Crippen molar-refractivity contribution in [3.05, 3.63) is 5.28 Å². The number of halogens is 1. The van der Waals surface area contributed by atoms with Crippen LogP contribution < -0.4 is 10.2 Å². The van der Waals surface area contributed by atoms with Crippen LogP contribution >= 0.6 is 11.6 Å². The summed E-state index contributed by atoms with van der Waals surface area (Å²) in [5.74, 6) is 2.01. The van der Waals surface area contributed by atoms with Gasteiger partial charge in [0.25, 0.3) is 0 Å². The molecule has 1 N–H and O–H groups in total. The molecular weight excluding hydrogens is 262 g/mol. The largest absolute Gasteiger partial charge is 0.354 e. The Kier molecular flexibility index (Phi) is 5.19. The van der Waals surface area contributed by atoms with E-state index in [-0.39, 0.29) is 5.28 Å². The van der Waals surface area contributed by atoms with Gasteiger partial charge in [-0.25, -0.2) is 0 Å². The van der Waals surface area contributed by atoms with E-state index >= 15 is 0 Å². The Morgan fingerprint density at radius 2 is 1.95 bits per heavy atom. The molecule has 0 spiro atoms. The van der Waals surface area contributed by atoms with Gasteiger partial charge in [-0.15, -0.1) is 0 Å². The van der Waals surface area contributed by atoms with Crippen LogP contribution in [0.25, 0.3) is 0 Å². The fourth-order valence-corrected chi connectivity index (χ4v) is 2.34. The predicted octanol–water partition coefficient (Wildman–Crippen LogP) is 2.97. The van der Waals surface area contributed by atoms with E-state index in [1.54, 1.807) is 0 Å². The van der Waals surface area contributed by atoms with Crippen molar-refractivity contribution in [1.29, 1.82) is 0 Å². The molecule has 0 saturated carbocycles. The van der Waals surface area contributed by atoms with Gasteiger partial charge in [-0.05, 0) is 43.2 Å². The van der Waals surface area contributed by atoms with E-state index in [0.717, 1.165) is 32.0 Å². The molecule has 0 aliphatic carbocycles. The zero-order valence-corrected chi connectivity index (χ0v) is 12.4. The third-order valence-electron chi connectivity index (χ3n) is 3.23. The Bertz CT molecular complexity index is 404. The van der Waals surface area contributed by atoms with Gasteiger partial charge < -0.3 is 10.2 Å². The third-order valence-corrected chi connectivity index (χ3v) is 3.40. The zero-order chi connectivity index (χ0) is 13.7. The maximum Gasteiger partial charge on any atom is 0.231 e. The SMILES string of the molecule is CC(C)CCCNc1nc(Cl)nc(N2CCCC2)n1. The lowest BCUT2D eigenvalue weighted by molar-refractivity contribution is 0.566. The molecule has 1 aromatic rings. The van der Waals surface area contributed by atoms with Gasteiger partial charge in [0.2, 0.25) is 17.2 Å². The second-order valence-corrected chi connectivity index (χ2v) is 5.72. The van der Waals surface area contributed by atoms with E-state index in [4.69, 9.17) is 11.6 Å². The highest BCUT2D eigenvalue weighted by Gasteiger charge is 2.16. The average molecular weight is 284 g/mol. The van der Waals surface area contributed by atoms with Crippen LogP contribution in [0.15, 0.2) is 0 Å². The zero-order valence-electron chi connectivity index (χ0n) is 11.7.